The van der Waals surface area contributed by atoms with E-state index in [0.717, 1.165) is 5.56 Å². The van der Waals surface area contributed by atoms with Gasteiger partial charge >= 0.3 is 6.09 Å². The van der Waals surface area contributed by atoms with Crippen LogP contribution in [0.5, 0.6) is 0 Å². The van der Waals surface area contributed by atoms with Crippen molar-refractivity contribution in [2.24, 2.45) is 0 Å². The first-order valence-corrected chi connectivity index (χ1v) is 10.00. The smallest absolute Gasteiger partial charge is 0.407 e. The molecular formula is C18H26N4O3S. The second-order valence-corrected chi connectivity index (χ2v) is 9.14. The van der Waals surface area contributed by atoms with E-state index in [1.54, 1.807) is 11.1 Å². The zero-order chi connectivity index (χ0) is 19.3. The van der Waals surface area contributed by atoms with Gasteiger partial charge < -0.3 is 10.1 Å². The molecule has 142 valence electrons. The van der Waals surface area contributed by atoms with Crippen molar-refractivity contribution in [1.29, 1.82) is 0 Å². The topological polar surface area (TPSA) is 84.4 Å². The number of nitrogens with zero attached hydrogens (tertiary/aromatic N) is 3. The molecule has 26 heavy (non-hydrogen) atoms. The number of aromatic nitrogens is 2. The van der Waals surface area contributed by atoms with Gasteiger partial charge in [0.1, 0.15) is 11.4 Å². The number of anilines is 1. The van der Waals surface area contributed by atoms with Crippen molar-refractivity contribution in [1.82, 2.24) is 15.3 Å². The average Bonchev–Trinajstić information content (AvgIpc) is 2.68. The molecule has 0 radical (unpaired) electrons. The van der Waals surface area contributed by atoms with Crippen molar-refractivity contribution < 1.29 is 14.3 Å². The number of carbonyl (C=O) groups excluding carboxylic acids is 2. The lowest BCUT2D eigenvalue weighted by atomic mass is 9.84. The lowest BCUT2D eigenvalue weighted by molar-refractivity contribution is -0.123. The summed E-state index contributed by atoms with van der Waals surface area (Å²) in [5, 5.41) is 3.53. The van der Waals surface area contributed by atoms with Crippen molar-refractivity contribution in [3.63, 3.8) is 0 Å². The summed E-state index contributed by atoms with van der Waals surface area (Å²) in [4.78, 5) is 35.6. The molecule has 3 rings (SSSR count). The number of rotatable bonds is 3. The number of carbonyl (C=O) groups is 2. The van der Waals surface area contributed by atoms with Crippen molar-refractivity contribution in [3.05, 3.63) is 11.8 Å². The fraction of sp³-hybridized carbons (Fsp3) is 0.667. The summed E-state index contributed by atoms with van der Waals surface area (Å²) in [6.07, 6.45) is 4.65. The van der Waals surface area contributed by atoms with E-state index in [1.807, 2.05) is 40.9 Å². The van der Waals surface area contributed by atoms with E-state index in [9.17, 15) is 9.59 Å². The van der Waals surface area contributed by atoms with Gasteiger partial charge in [0, 0.05) is 23.8 Å². The highest BCUT2D eigenvalue weighted by atomic mass is 32.2. The van der Waals surface area contributed by atoms with Crippen molar-refractivity contribution in [2.75, 3.05) is 11.2 Å². The molecule has 0 aromatic carbocycles. The van der Waals surface area contributed by atoms with Gasteiger partial charge in [-0.1, -0.05) is 11.8 Å². The average molecular weight is 378 g/mol. The van der Waals surface area contributed by atoms with Gasteiger partial charge in [-0.3, -0.25) is 9.69 Å². The minimum absolute atomic E-state index is 0.0108. The van der Waals surface area contributed by atoms with Crippen LogP contribution in [0.15, 0.2) is 11.4 Å². The maximum Gasteiger partial charge on any atom is 0.407 e. The highest BCUT2D eigenvalue weighted by Gasteiger charge is 2.50. The maximum absolute atomic E-state index is 13.0. The molecule has 1 N–H and O–H groups in total. The molecule has 1 aromatic heterocycles. The van der Waals surface area contributed by atoms with Crippen LogP contribution in [0.1, 0.15) is 53.0 Å². The van der Waals surface area contributed by atoms with Crippen LogP contribution in [0.4, 0.5) is 10.6 Å². The van der Waals surface area contributed by atoms with E-state index in [0.29, 0.717) is 23.8 Å². The van der Waals surface area contributed by atoms with Crippen LogP contribution >= 0.6 is 11.8 Å². The minimum atomic E-state index is -0.629. The van der Waals surface area contributed by atoms with Gasteiger partial charge in [0.25, 0.3) is 0 Å². The molecule has 1 aliphatic carbocycles. The molecule has 0 spiro atoms. The summed E-state index contributed by atoms with van der Waals surface area (Å²) in [5.74, 6) is 0.751. The summed E-state index contributed by atoms with van der Waals surface area (Å²) < 4.78 is 5.29. The Kier molecular flexibility index (Phi) is 4.67. The monoisotopic (exact) mass is 378 g/mol. The second-order valence-electron chi connectivity index (χ2n) is 8.36. The molecule has 2 aliphatic rings. The highest BCUT2D eigenvalue weighted by Crippen LogP contribution is 2.44. The largest absolute Gasteiger partial charge is 0.444 e. The Morgan fingerprint density at radius 2 is 2.04 bits per heavy atom. The number of hydrogen-bond donors (Lipinski definition) is 1. The maximum atomic E-state index is 13.0. The standard InChI is InChI=1S/C18H26N4O3S/c1-17(2,3)25-16(24)20-10-7-11(8-10)22-13-12(18(4,5)14(22)23)9-19-15(21-13)26-6/h9-11H,7-8H2,1-6H3,(H,20,24)/t10-,11-. The molecule has 1 aliphatic heterocycles. The molecule has 7 nitrogen and oxygen atoms in total. The number of fused-ring (bicyclic) bond motifs is 1. The van der Waals surface area contributed by atoms with E-state index >= 15 is 0 Å². The van der Waals surface area contributed by atoms with Crippen LogP contribution in [0.2, 0.25) is 0 Å². The third-order valence-electron chi connectivity index (χ3n) is 4.78. The quantitative estimate of drug-likeness (QED) is 0.643. The third-order valence-corrected chi connectivity index (χ3v) is 5.35. The fourth-order valence-corrected chi connectivity index (χ4v) is 3.66. The first-order valence-electron chi connectivity index (χ1n) is 8.77. The molecule has 8 heteroatoms. The Hall–Kier alpha value is -1.83. The van der Waals surface area contributed by atoms with Gasteiger partial charge in [0.05, 0.1) is 5.41 Å². The molecule has 1 aromatic rings. The number of thioether (sulfide) groups is 1. The lowest BCUT2D eigenvalue weighted by Crippen LogP contribution is -2.56. The van der Waals surface area contributed by atoms with E-state index in [-0.39, 0.29) is 18.0 Å². The molecule has 2 heterocycles. The summed E-state index contributed by atoms with van der Waals surface area (Å²) >= 11 is 1.46. The summed E-state index contributed by atoms with van der Waals surface area (Å²) in [5.41, 5.74) is -0.286. The second kappa shape index (κ2) is 6.40. The Morgan fingerprint density at radius 3 is 2.62 bits per heavy atom. The molecule has 0 bridgehead atoms. The normalized spacial score (nSPS) is 24.1. The van der Waals surface area contributed by atoms with Crippen LogP contribution in [0.3, 0.4) is 0 Å². The number of alkyl carbamates (subject to hydrolysis) is 1. The van der Waals surface area contributed by atoms with Gasteiger partial charge in [-0.2, -0.15) is 0 Å². The predicted molar refractivity (Wildman–Crippen MR) is 101 cm³/mol. The van der Waals surface area contributed by atoms with Crippen LogP contribution in [-0.2, 0) is 14.9 Å². The van der Waals surface area contributed by atoms with Gasteiger partial charge in [-0.25, -0.2) is 14.8 Å². The molecule has 1 saturated carbocycles. The summed E-state index contributed by atoms with van der Waals surface area (Å²) in [6.45, 7) is 9.32. The van der Waals surface area contributed by atoms with Crippen LogP contribution in [0.25, 0.3) is 0 Å². The first kappa shape index (κ1) is 18.9. The number of amides is 2. The van der Waals surface area contributed by atoms with E-state index < -0.39 is 17.1 Å². The van der Waals surface area contributed by atoms with Crippen molar-refractivity contribution in [2.45, 2.75) is 75.7 Å². The minimum Gasteiger partial charge on any atom is -0.444 e. The number of nitrogens with one attached hydrogen (secondary N) is 1. The highest BCUT2D eigenvalue weighted by molar-refractivity contribution is 7.98. The molecule has 0 atom stereocenters. The van der Waals surface area contributed by atoms with Crippen LogP contribution in [-0.4, -0.2) is 45.9 Å². The fourth-order valence-electron chi connectivity index (χ4n) is 3.32. The zero-order valence-corrected chi connectivity index (χ0v) is 16.9. The molecule has 1 fully saturated rings. The predicted octanol–water partition coefficient (Wildman–Crippen LogP) is 2.88. The van der Waals surface area contributed by atoms with Crippen molar-refractivity contribution in [3.8, 4) is 0 Å². The SMILES string of the molecule is CSc1ncc2c(n1)N([C@H]1C[C@H](NC(=O)OC(C)(C)C)C1)C(=O)C2(C)C. The van der Waals surface area contributed by atoms with Gasteiger partial charge in [-0.15, -0.1) is 0 Å². The Labute approximate surface area is 158 Å². The number of ether oxygens (including phenoxy) is 1. The van der Waals surface area contributed by atoms with Gasteiger partial charge in [-0.05, 0) is 53.7 Å². The molecule has 2 amide bonds. The van der Waals surface area contributed by atoms with Crippen LogP contribution in [0, 0.1) is 0 Å². The zero-order valence-electron chi connectivity index (χ0n) is 16.1. The summed E-state index contributed by atoms with van der Waals surface area (Å²) in [6, 6.07) is 0.0456. The molecular weight excluding hydrogens is 352 g/mol. The molecule has 0 unspecified atom stereocenters. The van der Waals surface area contributed by atoms with Gasteiger partial charge in [0.2, 0.25) is 5.91 Å². The molecule has 0 saturated heterocycles. The summed E-state index contributed by atoms with van der Waals surface area (Å²) in [7, 11) is 0. The lowest BCUT2D eigenvalue weighted by Gasteiger charge is -2.41. The van der Waals surface area contributed by atoms with Crippen LogP contribution < -0.4 is 10.2 Å². The Balaban J connectivity index is 1.70. The van der Waals surface area contributed by atoms with E-state index in [2.05, 4.69) is 15.3 Å². The first-order chi connectivity index (χ1) is 12.0. The Morgan fingerprint density at radius 1 is 1.38 bits per heavy atom. The number of hydrogen-bond acceptors (Lipinski definition) is 6. The third kappa shape index (κ3) is 3.39. The van der Waals surface area contributed by atoms with Crippen molar-refractivity contribution >= 4 is 29.6 Å². The van der Waals surface area contributed by atoms with E-state index in [1.165, 1.54) is 11.8 Å². The van der Waals surface area contributed by atoms with E-state index in [4.69, 9.17) is 4.74 Å². The van der Waals surface area contributed by atoms with Gasteiger partial charge in [0.15, 0.2) is 5.16 Å². The Bertz CT molecular complexity index is 738.